The first-order chi connectivity index (χ1) is 14.4. The fraction of sp³-hybridized carbons (Fsp3) is 0.571. The highest BCUT2D eigenvalue weighted by atomic mass is 19.4. The van der Waals surface area contributed by atoms with Crippen LogP contribution in [0.3, 0.4) is 0 Å². The molecule has 170 valence electrons. The maximum absolute atomic E-state index is 12.6. The fourth-order valence-electron chi connectivity index (χ4n) is 3.29. The van der Waals surface area contributed by atoms with Crippen LogP contribution in [0.25, 0.3) is 0 Å². The summed E-state index contributed by atoms with van der Waals surface area (Å²) in [5, 5.41) is 14.3. The molecule has 0 bridgehead atoms. The van der Waals surface area contributed by atoms with Gasteiger partial charge in [0.05, 0.1) is 11.6 Å². The molecule has 0 atom stereocenters. The number of halogens is 3. The van der Waals surface area contributed by atoms with Gasteiger partial charge in [0.15, 0.2) is 0 Å². The smallest absolute Gasteiger partial charge is 0.444 e. The van der Waals surface area contributed by atoms with E-state index in [2.05, 4.69) is 15.4 Å². The maximum atomic E-state index is 12.6. The number of benzene rings is 1. The van der Waals surface area contributed by atoms with Gasteiger partial charge in [-0.3, -0.25) is 4.79 Å². The van der Waals surface area contributed by atoms with E-state index in [9.17, 15) is 22.8 Å². The van der Waals surface area contributed by atoms with Crippen LogP contribution < -0.4 is 15.4 Å². The second-order valence-electron chi connectivity index (χ2n) is 8.39. The van der Waals surface area contributed by atoms with Crippen LogP contribution >= 0.6 is 0 Å². The molecule has 2 amide bonds. The number of amides is 2. The van der Waals surface area contributed by atoms with Crippen molar-refractivity contribution in [3.63, 3.8) is 0 Å². The van der Waals surface area contributed by atoms with Crippen molar-refractivity contribution in [1.29, 1.82) is 5.26 Å². The number of carbonyl (C=O) groups is 2. The molecular formula is C21H26F3N3O4. The van der Waals surface area contributed by atoms with Gasteiger partial charge in [0.25, 0.3) is 0 Å². The van der Waals surface area contributed by atoms with Gasteiger partial charge in [-0.2, -0.15) is 5.26 Å². The highest BCUT2D eigenvalue weighted by molar-refractivity contribution is 5.78. The molecule has 1 aromatic rings. The zero-order valence-corrected chi connectivity index (χ0v) is 17.6. The van der Waals surface area contributed by atoms with Crippen LogP contribution in [0.5, 0.6) is 5.75 Å². The Labute approximate surface area is 178 Å². The summed E-state index contributed by atoms with van der Waals surface area (Å²) in [4.78, 5) is 24.3. The van der Waals surface area contributed by atoms with E-state index in [0.717, 1.165) is 6.07 Å². The summed E-state index contributed by atoms with van der Waals surface area (Å²) < 4.78 is 47.1. The van der Waals surface area contributed by atoms with Gasteiger partial charge in [0.1, 0.15) is 11.4 Å². The Morgan fingerprint density at radius 2 is 1.81 bits per heavy atom. The second-order valence-corrected chi connectivity index (χ2v) is 8.39. The predicted octanol–water partition coefficient (Wildman–Crippen LogP) is 4.16. The van der Waals surface area contributed by atoms with Crippen molar-refractivity contribution in [2.75, 3.05) is 0 Å². The van der Waals surface area contributed by atoms with Gasteiger partial charge in [-0.25, -0.2) is 4.79 Å². The molecule has 0 unspecified atom stereocenters. The maximum Gasteiger partial charge on any atom is 0.573 e. The highest BCUT2D eigenvalue weighted by Crippen LogP contribution is 2.28. The van der Waals surface area contributed by atoms with Crippen molar-refractivity contribution in [1.82, 2.24) is 10.6 Å². The number of alkyl halides is 3. The third-order valence-electron chi connectivity index (χ3n) is 4.69. The lowest BCUT2D eigenvalue weighted by Gasteiger charge is -2.29. The average Bonchev–Trinajstić information content (AvgIpc) is 2.64. The largest absolute Gasteiger partial charge is 0.573 e. The molecule has 1 aliphatic carbocycles. The van der Waals surface area contributed by atoms with Crippen molar-refractivity contribution in [2.24, 2.45) is 5.92 Å². The molecule has 1 saturated carbocycles. The first-order valence-corrected chi connectivity index (χ1v) is 9.92. The van der Waals surface area contributed by atoms with Crippen LogP contribution in [0.1, 0.15) is 57.6 Å². The second kappa shape index (κ2) is 9.90. The van der Waals surface area contributed by atoms with Crippen molar-refractivity contribution in [2.45, 2.75) is 71.0 Å². The van der Waals surface area contributed by atoms with Crippen LogP contribution in [-0.2, 0) is 16.1 Å². The van der Waals surface area contributed by atoms with E-state index >= 15 is 0 Å². The summed E-state index contributed by atoms with van der Waals surface area (Å²) in [5.74, 6) is -1.10. The zero-order chi connectivity index (χ0) is 23.2. The van der Waals surface area contributed by atoms with Crippen LogP contribution in [0.15, 0.2) is 18.2 Å². The number of nitrogens with one attached hydrogen (secondary N) is 2. The van der Waals surface area contributed by atoms with Gasteiger partial charge < -0.3 is 20.1 Å². The summed E-state index contributed by atoms with van der Waals surface area (Å²) in [6.45, 7) is 5.15. The number of nitriles is 1. The van der Waals surface area contributed by atoms with Crippen molar-refractivity contribution in [3.05, 3.63) is 29.3 Å². The molecule has 1 fully saturated rings. The summed E-state index contributed by atoms with van der Waals surface area (Å²) in [6, 6.07) is 5.33. The predicted molar refractivity (Wildman–Crippen MR) is 105 cm³/mol. The molecule has 1 aromatic carbocycles. The van der Waals surface area contributed by atoms with Gasteiger partial charge in [-0.1, -0.05) is 6.07 Å². The highest BCUT2D eigenvalue weighted by Gasteiger charge is 2.33. The van der Waals surface area contributed by atoms with Crippen LogP contribution in [0.4, 0.5) is 18.0 Å². The van der Waals surface area contributed by atoms with Gasteiger partial charge in [-0.05, 0) is 58.6 Å². The van der Waals surface area contributed by atoms with E-state index in [4.69, 9.17) is 10.00 Å². The van der Waals surface area contributed by atoms with Gasteiger partial charge in [-0.15, -0.1) is 13.2 Å². The van der Waals surface area contributed by atoms with Crippen molar-refractivity contribution in [3.8, 4) is 11.8 Å². The molecule has 0 aliphatic heterocycles. The van der Waals surface area contributed by atoms with Gasteiger partial charge in [0, 0.05) is 24.1 Å². The minimum atomic E-state index is -4.91. The van der Waals surface area contributed by atoms with Crippen LogP contribution in [-0.4, -0.2) is 30.0 Å². The topological polar surface area (TPSA) is 100 Å². The molecule has 7 nitrogen and oxygen atoms in total. The van der Waals surface area contributed by atoms with Gasteiger partial charge in [0.2, 0.25) is 5.91 Å². The lowest BCUT2D eigenvalue weighted by Crippen LogP contribution is -2.42. The molecule has 0 radical (unpaired) electrons. The van der Waals surface area contributed by atoms with E-state index in [1.54, 1.807) is 26.8 Å². The summed E-state index contributed by atoms with van der Waals surface area (Å²) in [7, 11) is 0. The van der Waals surface area contributed by atoms with Gasteiger partial charge >= 0.3 is 12.5 Å². The Balaban J connectivity index is 1.87. The standard InChI is InChI=1S/C21H26F3N3O4/c1-20(2,3)31-19(29)27-16-8-6-14(7-9-16)18(28)26-12-15-5-4-13(11-25)10-17(15)30-21(22,23)24/h4-5,10,14,16H,6-9,12H2,1-3H3,(H,26,28)(H,27,29). The lowest BCUT2D eigenvalue weighted by molar-refractivity contribution is -0.274. The number of hydrogen-bond donors (Lipinski definition) is 2. The Morgan fingerprint density at radius 3 is 2.35 bits per heavy atom. The summed E-state index contributed by atoms with van der Waals surface area (Å²) in [6.07, 6.45) is -3.16. The first-order valence-electron chi connectivity index (χ1n) is 9.92. The molecule has 0 aromatic heterocycles. The molecule has 2 N–H and O–H groups in total. The minimum Gasteiger partial charge on any atom is -0.444 e. The SMILES string of the molecule is CC(C)(C)OC(=O)NC1CCC(C(=O)NCc2ccc(C#N)cc2OC(F)(F)F)CC1. The number of rotatable bonds is 5. The Morgan fingerprint density at radius 1 is 1.16 bits per heavy atom. The average molecular weight is 441 g/mol. The Hall–Kier alpha value is -2.96. The molecule has 0 heterocycles. The number of carbonyl (C=O) groups excluding carboxylic acids is 2. The van der Waals surface area contributed by atoms with Crippen molar-refractivity contribution < 1.29 is 32.2 Å². The lowest BCUT2D eigenvalue weighted by atomic mass is 9.85. The zero-order valence-electron chi connectivity index (χ0n) is 17.6. The number of nitrogens with zero attached hydrogens (tertiary/aromatic N) is 1. The summed E-state index contributed by atoms with van der Waals surface area (Å²) in [5.41, 5.74) is -0.462. The molecule has 10 heteroatoms. The molecular weight excluding hydrogens is 415 g/mol. The Kier molecular flexibility index (Phi) is 7.76. The first kappa shape index (κ1) is 24.3. The number of alkyl carbamates (subject to hydrolysis) is 1. The van der Waals surface area contributed by atoms with Crippen LogP contribution in [0, 0.1) is 17.2 Å². The third kappa shape index (κ3) is 8.36. The fourth-order valence-corrected chi connectivity index (χ4v) is 3.29. The number of ether oxygens (including phenoxy) is 2. The molecule has 2 rings (SSSR count). The van der Waals surface area contributed by atoms with E-state index in [-0.39, 0.29) is 35.5 Å². The molecule has 1 aliphatic rings. The van der Waals surface area contributed by atoms with E-state index in [1.165, 1.54) is 12.1 Å². The number of hydrogen-bond acceptors (Lipinski definition) is 5. The quantitative estimate of drug-likeness (QED) is 0.715. The molecule has 0 spiro atoms. The molecule has 0 saturated heterocycles. The minimum absolute atomic E-state index is 0.0186. The van der Waals surface area contributed by atoms with E-state index in [0.29, 0.717) is 25.7 Å². The van der Waals surface area contributed by atoms with Crippen LogP contribution in [0.2, 0.25) is 0 Å². The third-order valence-corrected chi connectivity index (χ3v) is 4.69. The monoisotopic (exact) mass is 441 g/mol. The van der Waals surface area contributed by atoms with Crippen molar-refractivity contribution >= 4 is 12.0 Å². The van der Waals surface area contributed by atoms with E-state index in [1.807, 2.05) is 0 Å². The summed E-state index contributed by atoms with van der Waals surface area (Å²) >= 11 is 0. The molecule has 31 heavy (non-hydrogen) atoms. The Bertz CT molecular complexity index is 836. The van der Waals surface area contributed by atoms with E-state index < -0.39 is 23.8 Å². The normalized spacial score (nSPS) is 19.1.